The first kappa shape index (κ1) is 21.9. The fourth-order valence-corrected chi connectivity index (χ4v) is 4.56. The number of hydrogen-bond acceptors (Lipinski definition) is 4. The second-order valence-corrected chi connectivity index (χ2v) is 9.14. The largest absolute Gasteiger partial charge is 0.376 e. The lowest BCUT2D eigenvalue weighted by atomic mass is 10.0. The normalized spacial score (nSPS) is 11.5. The lowest BCUT2D eigenvalue weighted by Gasteiger charge is -2.10. The van der Waals surface area contributed by atoms with Crippen LogP contribution >= 0.6 is 0 Å². The molecule has 0 amide bonds. The van der Waals surface area contributed by atoms with E-state index in [9.17, 15) is 13.7 Å². The molecule has 2 aromatic heterocycles. The third-order valence-corrected chi connectivity index (χ3v) is 6.52. The van der Waals surface area contributed by atoms with Crippen molar-refractivity contribution in [2.75, 3.05) is 0 Å². The average molecular weight is 425 g/mol. The molecule has 0 saturated heterocycles. The predicted octanol–water partition coefficient (Wildman–Crippen LogP) is 5.57. The molecule has 0 aliphatic rings. The summed E-state index contributed by atoms with van der Waals surface area (Å²) < 4.78 is 33.9. The maximum atomic E-state index is 13.1. The molecule has 2 heterocycles. The minimum atomic E-state index is -3.99. The van der Waals surface area contributed by atoms with E-state index in [0.29, 0.717) is 16.8 Å². The van der Waals surface area contributed by atoms with Gasteiger partial charge in [0.05, 0.1) is 17.1 Å². The van der Waals surface area contributed by atoms with Crippen LogP contribution in [-0.2, 0) is 23.0 Å². The number of nitriles is 1. The third kappa shape index (κ3) is 4.52. The molecule has 5 nitrogen and oxygen atoms in total. The number of rotatable bonds is 9. The summed E-state index contributed by atoms with van der Waals surface area (Å²) in [4.78, 5) is 0.125. The average Bonchev–Trinajstić information content (AvgIpc) is 3.02. The van der Waals surface area contributed by atoms with Crippen LogP contribution in [0.25, 0.3) is 5.52 Å². The first-order valence-corrected chi connectivity index (χ1v) is 11.9. The van der Waals surface area contributed by atoms with Crippen molar-refractivity contribution in [2.24, 2.45) is 0 Å². The molecule has 0 N–H and O–H groups in total. The van der Waals surface area contributed by atoms with E-state index in [1.165, 1.54) is 0 Å². The first-order chi connectivity index (χ1) is 14.4. The van der Waals surface area contributed by atoms with Crippen LogP contribution in [0.4, 0.5) is 0 Å². The van der Waals surface area contributed by atoms with Crippen molar-refractivity contribution >= 4 is 15.6 Å². The second kappa shape index (κ2) is 9.36. The molecule has 0 spiro atoms. The Kier molecular flexibility index (Phi) is 6.84. The lowest BCUT2D eigenvalue weighted by molar-refractivity contribution is 0.485. The molecule has 6 heteroatoms. The van der Waals surface area contributed by atoms with Crippen LogP contribution in [0.2, 0.25) is 0 Å². The number of aromatic nitrogens is 1. The summed E-state index contributed by atoms with van der Waals surface area (Å²) in [7, 11) is -3.99. The summed E-state index contributed by atoms with van der Waals surface area (Å²) in [6.45, 7) is 6.15. The van der Waals surface area contributed by atoms with Crippen LogP contribution in [0.5, 0.6) is 5.75 Å². The van der Waals surface area contributed by atoms with Gasteiger partial charge in [-0.15, -0.1) is 0 Å². The van der Waals surface area contributed by atoms with Crippen molar-refractivity contribution in [1.29, 1.82) is 5.26 Å². The van der Waals surface area contributed by atoms with Gasteiger partial charge in [-0.3, -0.25) is 0 Å². The van der Waals surface area contributed by atoms with Gasteiger partial charge < -0.3 is 8.58 Å². The van der Waals surface area contributed by atoms with Crippen LogP contribution < -0.4 is 4.18 Å². The van der Waals surface area contributed by atoms with Crippen LogP contribution in [-0.4, -0.2) is 12.8 Å². The maximum absolute atomic E-state index is 13.1. The summed E-state index contributed by atoms with van der Waals surface area (Å²) in [5.74, 6) is 0.354. The van der Waals surface area contributed by atoms with Crippen LogP contribution in [0.15, 0.2) is 47.5 Å². The standard InChI is InChI=1S/C24H28N2O3S/c1-4-6-8-21-22(9-7-5-2)26-15-14-19(17-25)16-23(26)24(21)29-30(27,28)20-12-10-18(3)11-13-20/h10-16H,4-9H2,1-3H3. The van der Waals surface area contributed by atoms with E-state index in [0.717, 1.165) is 55.3 Å². The second-order valence-electron chi connectivity index (χ2n) is 7.59. The smallest absolute Gasteiger partial charge is 0.339 e. The van der Waals surface area contributed by atoms with Crippen molar-refractivity contribution in [2.45, 2.75) is 64.2 Å². The minimum Gasteiger partial charge on any atom is -0.376 e. The number of aryl methyl sites for hydroxylation is 2. The number of nitrogens with zero attached hydrogens (tertiary/aromatic N) is 2. The monoisotopic (exact) mass is 424 g/mol. The first-order valence-electron chi connectivity index (χ1n) is 10.5. The molecule has 0 radical (unpaired) electrons. The van der Waals surface area contributed by atoms with Crippen LogP contribution in [0, 0.1) is 18.3 Å². The number of fused-ring (bicyclic) bond motifs is 1. The zero-order valence-electron chi connectivity index (χ0n) is 17.8. The van der Waals surface area contributed by atoms with E-state index in [2.05, 4.69) is 19.9 Å². The summed E-state index contributed by atoms with van der Waals surface area (Å²) >= 11 is 0. The van der Waals surface area contributed by atoms with E-state index in [4.69, 9.17) is 4.18 Å². The SMILES string of the molecule is CCCCc1c(OS(=O)(=O)c2ccc(C)cc2)c2cc(C#N)ccn2c1CCCC. The molecule has 1 aromatic carbocycles. The molecule has 0 fully saturated rings. The highest BCUT2D eigenvalue weighted by molar-refractivity contribution is 7.87. The van der Waals surface area contributed by atoms with Crippen molar-refractivity contribution in [3.05, 3.63) is 65.0 Å². The van der Waals surface area contributed by atoms with Crippen LogP contribution in [0.1, 0.15) is 61.9 Å². The third-order valence-electron chi connectivity index (χ3n) is 5.28. The van der Waals surface area contributed by atoms with Gasteiger partial charge in [-0.2, -0.15) is 13.7 Å². The highest BCUT2D eigenvalue weighted by Crippen LogP contribution is 2.36. The van der Waals surface area contributed by atoms with Gasteiger partial charge in [0.1, 0.15) is 4.90 Å². The van der Waals surface area contributed by atoms with E-state index in [1.807, 2.05) is 17.5 Å². The minimum absolute atomic E-state index is 0.125. The molecule has 0 aliphatic carbocycles. The Labute approximate surface area is 179 Å². The highest BCUT2D eigenvalue weighted by atomic mass is 32.2. The molecule has 0 saturated carbocycles. The Morgan fingerprint density at radius 1 is 1.03 bits per heavy atom. The molecule has 0 unspecified atom stereocenters. The fraction of sp³-hybridized carbons (Fsp3) is 0.375. The number of pyridine rings is 1. The van der Waals surface area contributed by atoms with Gasteiger partial charge >= 0.3 is 10.1 Å². The van der Waals surface area contributed by atoms with Crippen molar-refractivity contribution in [3.63, 3.8) is 0 Å². The number of hydrogen-bond donors (Lipinski definition) is 0. The topological polar surface area (TPSA) is 71.6 Å². The van der Waals surface area contributed by atoms with Gasteiger partial charge in [-0.25, -0.2) is 0 Å². The number of unbranched alkanes of at least 4 members (excludes halogenated alkanes) is 2. The quantitative estimate of drug-likeness (QED) is 0.421. The molecule has 0 bridgehead atoms. The molecule has 0 atom stereocenters. The van der Waals surface area contributed by atoms with Crippen LogP contribution in [0.3, 0.4) is 0 Å². The van der Waals surface area contributed by atoms with Crippen molar-refractivity contribution in [1.82, 2.24) is 4.40 Å². The van der Waals surface area contributed by atoms with E-state index >= 15 is 0 Å². The lowest BCUT2D eigenvalue weighted by Crippen LogP contribution is -2.11. The zero-order valence-corrected chi connectivity index (χ0v) is 18.6. The van der Waals surface area contributed by atoms with Gasteiger partial charge in [0.2, 0.25) is 0 Å². The zero-order chi connectivity index (χ0) is 21.7. The predicted molar refractivity (Wildman–Crippen MR) is 118 cm³/mol. The Bertz CT molecular complexity index is 1170. The molecule has 30 heavy (non-hydrogen) atoms. The van der Waals surface area contributed by atoms with E-state index in [-0.39, 0.29) is 4.90 Å². The highest BCUT2D eigenvalue weighted by Gasteiger charge is 2.25. The summed E-state index contributed by atoms with van der Waals surface area (Å²) in [5, 5.41) is 9.37. The Morgan fingerprint density at radius 2 is 1.70 bits per heavy atom. The Hall–Kier alpha value is -2.78. The van der Waals surface area contributed by atoms with E-state index < -0.39 is 10.1 Å². The number of benzene rings is 1. The molecular weight excluding hydrogens is 396 g/mol. The van der Waals surface area contributed by atoms with Gasteiger partial charge in [0.15, 0.2) is 5.75 Å². The van der Waals surface area contributed by atoms with Gasteiger partial charge in [-0.05, 0) is 56.9 Å². The van der Waals surface area contributed by atoms with Gasteiger partial charge in [0.25, 0.3) is 0 Å². The summed E-state index contributed by atoms with van der Waals surface area (Å²) in [6.07, 6.45) is 7.37. The maximum Gasteiger partial charge on any atom is 0.339 e. The fourth-order valence-electron chi connectivity index (χ4n) is 3.59. The molecule has 158 valence electrons. The van der Waals surface area contributed by atoms with Crippen molar-refractivity contribution < 1.29 is 12.6 Å². The molecule has 0 aliphatic heterocycles. The summed E-state index contributed by atoms with van der Waals surface area (Å²) in [5.41, 5.74) is 4.07. The van der Waals surface area contributed by atoms with Crippen molar-refractivity contribution in [3.8, 4) is 11.8 Å². The molecule has 3 aromatic rings. The van der Waals surface area contributed by atoms with Gasteiger partial charge in [0, 0.05) is 17.5 Å². The Morgan fingerprint density at radius 3 is 2.33 bits per heavy atom. The van der Waals surface area contributed by atoms with E-state index in [1.54, 1.807) is 36.4 Å². The Balaban J connectivity index is 2.19. The summed E-state index contributed by atoms with van der Waals surface area (Å²) in [6, 6.07) is 12.2. The van der Waals surface area contributed by atoms with Gasteiger partial charge in [-0.1, -0.05) is 44.4 Å². The molecular formula is C24H28N2O3S. The molecule has 3 rings (SSSR count).